The first-order valence-electron chi connectivity index (χ1n) is 15.3. The number of benzene rings is 3. The third-order valence-electron chi connectivity index (χ3n) is 8.46. The number of nitrogens with one attached hydrogen (secondary N) is 1. The quantitative estimate of drug-likeness (QED) is 0.313. The molecular formula is C35H42N2O7. The van der Waals surface area contributed by atoms with Gasteiger partial charge >= 0.3 is 0 Å². The zero-order valence-corrected chi connectivity index (χ0v) is 26.0. The van der Waals surface area contributed by atoms with Gasteiger partial charge in [0.1, 0.15) is 12.6 Å². The highest BCUT2D eigenvalue weighted by atomic mass is 16.6. The molecule has 3 aromatic rings. The molecule has 0 saturated heterocycles. The van der Waals surface area contributed by atoms with Gasteiger partial charge in [-0.3, -0.25) is 9.59 Å². The van der Waals surface area contributed by atoms with Gasteiger partial charge in [-0.2, -0.15) is 0 Å². The van der Waals surface area contributed by atoms with Crippen LogP contribution in [0.1, 0.15) is 54.8 Å². The first-order chi connectivity index (χ1) is 21.4. The lowest BCUT2D eigenvalue weighted by molar-refractivity contribution is -0.148. The number of nitrogens with zero attached hydrogens (tertiary/aromatic N) is 1. The average molecular weight is 603 g/mol. The van der Waals surface area contributed by atoms with Crippen LogP contribution >= 0.6 is 0 Å². The number of methoxy groups -OCH3 is 3. The molecule has 1 aliphatic heterocycles. The van der Waals surface area contributed by atoms with E-state index in [4.69, 9.17) is 23.7 Å². The minimum atomic E-state index is -0.997. The lowest BCUT2D eigenvalue weighted by Gasteiger charge is -2.36. The van der Waals surface area contributed by atoms with Crippen LogP contribution in [0.3, 0.4) is 0 Å². The van der Waals surface area contributed by atoms with Crippen LogP contribution in [0.5, 0.6) is 28.7 Å². The number of hydrogen-bond donors (Lipinski definition) is 1. The van der Waals surface area contributed by atoms with Crippen LogP contribution < -0.4 is 29.0 Å². The maximum absolute atomic E-state index is 14.5. The smallest absolute Gasteiger partial charge is 0.268 e. The molecule has 1 heterocycles. The van der Waals surface area contributed by atoms with E-state index in [1.165, 1.54) is 21.3 Å². The Morgan fingerprint density at radius 1 is 0.909 bits per heavy atom. The van der Waals surface area contributed by atoms with Crippen LogP contribution in [0.4, 0.5) is 0 Å². The van der Waals surface area contributed by atoms with Crippen molar-refractivity contribution in [2.45, 2.75) is 63.6 Å². The van der Waals surface area contributed by atoms with Crippen LogP contribution in [-0.2, 0) is 16.0 Å². The molecule has 9 nitrogen and oxygen atoms in total. The molecule has 9 heteroatoms. The van der Waals surface area contributed by atoms with Crippen molar-refractivity contribution < 1.29 is 33.3 Å². The fourth-order valence-electron chi connectivity index (χ4n) is 6.08. The van der Waals surface area contributed by atoms with Gasteiger partial charge in [0.2, 0.25) is 17.8 Å². The van der Waals surface area contributed by atoms with Gasteiger partial charge in [-0.25, -0.2) is 0 Å². The molecule has 2 amide bonds. The Bertz CT molecular complexity index is 1430. The number of hydrogen-bond acceptors (Lipinski definition) is 7. The number of carbonyl (C=O) groups excluding carboxylic acids is 2. The Morgan fingerprint density at radius 3 is 2.23 bits per heavy atom. The molecule has 44 heavy (non-hydrogen) atoms. The second-order valence-electron chi connectivity index (χ2n) is 11.3. The Balaban J connectivity index is 1.57. The van der Waals surface area contributed by atoms with Crippen LogP contribution in [0.2, 0.25) is 0 Å². The van der Waals surface area contributed by atoms with E-state index in [0.29, 0.717) is 40.7 Å². The molecule has 2 atom stereocenters. The van der Waals surface area contributed by atoms with Gasteiger partial charge in [-0.05, 0) is 67.1 Å². The van der Waals surface area contributed by atoms with Crippen molar-refractivity contribution in [3.05, 3.63) is 77.4 Å². The largest absolute Gasteiger partial charge is 0.493 e. The van der Waals surface area contributed by atoms with Crippen molar-refractivity contribution >= 4 is 11.8 Å². The zero-order valence-electron chi connectivity index (χ0n) is 26.0. The topological polar surface area (TPSA) is 95.6 Å². The van der Waals surface area contributed by atoms with Gasteiger partial charge in [-0.1, -0.05) is 55.7 Å². The summed E-state index contributed by atoms with van der Waals surface area (Å²) in [7, 11) is 4.59. The second kappa shape index (κ2) is 14.4. The summed E-state index contributed by atoms with van der Waals surface area (Å²) in [5.74, 6) is 1.67. The third-order valence-corrected chi connectivity index (χ3v) is 8.46. The summed E-state index contributed by atoms with van der Waals surface area (Å²) in [5, 5.41) is 3.27. The summed E-state index contributed by atoms with van der Waals surface area (Å²) < 4.78 is 29.0. The molecule has 0 aromatic heterocycles. The van der Waals surface area contributed by atoms with Crippen molar-refractivity contribution in [2.24, 2.45) is 0 Å². The number of ether oxygens (including phenoxy) is 5. The number of fused-ring (bicyclic) bond motifs is 1. The van der Waals surface area contributed by atoms with Crippen LogP contribution in [0.15, 0.2) is 60.7 Å². The highest BCUT2D eigenvalue weighted by molar-refractivity contribution is 5.91. The molecule has 1 fully saturated rings. The number of carbonyl (C=O) groups is 2. The Kier molecular flexibility index (Phi) is 10.1. The molecular weight excluding hydrogens is 560 g/mol. The molecule has 0 spiro atoms. The molecule has 0 bridgehead atoms. The zero-order chi connectivity index (χ0) is 31.1. The first-order valence-corrected chi connectivity index (χ1v) is 15.3. The van der Waals surface area contributed by atoms with Crippen molar-refractivity contribution in [1.82, 2.24) is 10.2 Å². The monoisotopic (exact) mass is 602 g/mol. The normalized spacial score (nSPS) is 16.9. The van der Waals surface area contributed by atoms with E-state index in [9.17, 15) is 9.59 Å². The third kappa shape index (κ3) is 6.87. The molecule has 2 aliphatic rings. The van der Waals surface area contributed by atoms with Crippen LogP contribution in [0.25, 0.3) is 0 Å². The number of aryl methyl sites for hydroxylation is 1. The van der Waals surface area contributed by atoms with Gasteiger partial charge in [0.25, 0.3) is 5.91 Å². The predicted octanol–water partition coefficient (Wildman–Crippen LogP) is 5.42. The minimum Gasteiger partial charge on any atom is -0.493 e. The molecule has 3 aromatic carbocycles. The average Bonchev–Trinajstić information content (AvgIpc) is 3.06. The predicted molar refractivity (Wildman–Crippen MR) is 167 cm³/mol. The Labute approximate surface area is 259 Å². The lowest BCUT2D eigenvalue weighted by atomic mass is 9.94. The fraction of sp³-hybridized carbons (Fsp3) is 0.429. The van der Waals surface area contributed by atoms with Crippen molar-refractivity contribution in [3.63, 3.8) is 0 Å². The van der Waals surface area contributed by atoms with Gasteiger partial charge < -0.3 is 33.9 Å². The highest BCUT2D eigenvalue weighted by Crippen LogP contribution is 2.41. The summed E-state index contributed by atoms with van der Waals surface area (Å²) in [4.78, 5) is 30.5. The molecule has 1 N–H and O–H groups in total. The molecule has 1 saturated carbocycles. The van der Waals surface area contributed by atoms with E-state index in [0.717, 1.165) is 43.2 Å². The highest BCUT2D eigenvalue weighted by Gasteiger charge is 2.39. The number of para-hydroxylation sites is 2. The molecule has 0 unspecified atom stereocenters. The summed E-state index contributed by atoms with van der Waals surface area (Å²) in [6.07, 6.45) is 4.69. The van der Waals surface area contributed by atoms with E-state index in [1.807, 2.05) is 49.4 Å². The van der Waals surface area contributed by atoms with E-state index >= 15 is 0 Å². The van der Waals surface area contributed by atoms with E-state index < -0.39 is 12.1 Å². The molecule has 5 rings (SSSR count). The number of amides is 2. The second-order valence-corrected chi connectivity index (χ2v) is 11.3. The first kappa shape index (κ1) is 31.0. The maximum atomic E-state index is 14.5. The number of rotatable bonds is 11. The van der Waals surface area contributed by atoms with Gasteiger partial charge in [0.15, 0.2) is 23.0 Å². The van der Waals surface area contributed by atoms with E-state index in [-0.39, 0.29) is 31.0 Å². The van der Waals surface area contributed by atoms with Gasteiger partial charge in [-0.15, -0.1) is 0 Å². The van der Waals surface area contributed by atoms with Crippen molar-refractivity contribution in [2.75, 3.05) is 34.5 Å². The summed E-state index contributed by atoms with van der Waals surface area (Å²) in [6.45, 7) is 2.34. The maximum Gasteiger partial charge on any atom is 0.268 e. The minimum absolute atomic E-state index is 0.0307. The molecule has 1 aliphatic carbocycles. The Morgan fingerprint density at radius 2 is 1.57 bits per heavy atom. The summed E-state index contributed by atoms with van der Waals surface area (Å²) in [5.41, 5.74) is 2.75. The Hall–Kier alpha value is -4.40. The lowest BCUT2D eigenvalue weighted by Crippen LogP contribution is -2.53. The van der Waals surface area contributed by atoms with Gasteiger partial charge in [0, 0.05) is 12.6 Å². The summed E-state index contributed by atoms with van der Waals surface area (Å²) in [6, 6.07) is 17.9. The van der Waals surface area contributed by atoms with Crippen molar-refractivity contribution in [1.29, 1.82) is 0 Å². The van der Waals surface area contributed by atoms with E-state index in [1.54, 1.807) is 23.1 Å². The van der Waals surface area contributed by atoms with Crippen LogP contribution in [0, 0.1) is 6.92 Å². The summed E-state index contributed by atoms with van der Waals surface area (Å²) >= 11 is 0. The van der Waals surface area contributed by atoms with Crippen LogP contribution in [-0.4, -0.2) is 63.3 Å². The fourth-order valence-corrected chi connectivity index (χ4v) is 6.08. The van der Waals surface area contributed by atoms with Gasteiger partial charge in [0.05, 0.1) is 21.3 Å². The molecule has 234 valence electrons. The van der Waals surface area contributed by atoms with E-state index in [2.05, 4.69) is 5.32 Å². The van der Waals surface area contributed by atoms with Crippen molar-refractivity contribution in [3.8, 4) is 28.7 Å². The molecule has 0 radical (unpaired) electrons. The standard InChI is InChI=1S/C35H42N2O7/c1-23-12-8-9-13-24(23)18-19-37(35(39)31-22-43-27-16-10-11-17-28(27)44-31)32(34(38)36-26-14-6-5-7-15-26)25-20-29(40-2)33(42-4)30(21-25)41-3/h8-13,16-17,20-21,26,31-32H,5-7,14-15,18-19,22H2,1-4H3,(H,36,38)/t31-,32+/m0/s1. The SMILES string of the molecule is COc1cc([C@H](C(=O)NC2CCCCC2)N(CCc2ccccc2C)C(=O)[C@@H]2COc3ccccc3O2)cc(OC)c1OC.